The molecule has 0 bridgehead atoms. The standard InChI is InChI=1S/C21H22ClN5O2S/c1-13-7-6-8-14(2)19(13)24-18(28)12-30-21-26-25-17(27(21)3)11-23-20(29)15-9-4-5-10-16(15)22/h4-10H,11-12H2,1-3H3,(H,23,29)(H,24,28). The van der Waals surface area contributed by atoms with Crippen molar-refractivity contribution in [3.05, 3.63) is 70.0 Å². The van der Waals surface area contributed by atoms with Gasteiger partial charge in [-0.25, -0.2) is 0 Å². The predicted molar refractivity (Wildman–Crippen MR) is 119 cm³/mol. The molecule has 0 saturated carbocycles. The smallest absolute Gasteiger partial charge is 0.253 e. The van der Waals surface area contributed by atoms with Gasteiger partial charge in [0.15, 0.2) is 11.0 Å². The van der Waals surface area contributed by atoms with Crippen molar-refractivity contribution in [1.29, 1.82) is 0 Å². The summed E-state index contributed by atoms with van der Waals surface area (Å²) in [4.78, 5) is 24.6. The Labute approximate surface area is 184 Å². The molecule has 1 heterocycles. The Hall–Kier alpha value is -2.84. The Morgan fingerprint density at radius 1 is 1.07 bits per heavy atom. The van der Waals surface area contributed by atoms with Crippen LogP contribution in [0.2, 0.25) is 5.02 Å². The number of hydrogen-bond acceptors (Lipinski definition) is 5. The lowest BCUT2D eigenvalue weighted by Crippen LogP contribution is -2.24. The minimum atomic E-state index is -0.286. The number of thioether (sulfide) groups is 1. The van der Waals surface area contributed by atoms with Crippen LogP contribution in [0, 0.1) is 13.8 Å². The van der Waals surface area contributed by atoms with Crippen molar-refractivity contribution in [1.82, 2.24) is 20.1 Å². The van der Waals surface area contributed by atoms with Crippen LogP contribution in [0.15, 0.2) is 47.6 Å². The highest BCUT2D eigenvalue weighted by molar-refractivity contribution is 7.99. The van der Waals surface area contributed by atoms with E-state index >= 15 is 0 Å². The van der Waals surface area contributed by atoms with Crippen LogP contribution in [0.5, 0.6) is 0 Å². The van der Waals surface area contributed by atoms with E-state index in [-0.39, 0.29) is 24.1 Å². The molecule has 0 aliphatic carbocycles. The van der Waals surface area contributed by atoms with Gasteiger partial charge in [0.25, 0.3) is 5.91 Å². The Balaban J connectivity index is 1.56. The van der Waals surface area contributed by atoms with Gasteiger partial charge < -0.3 is 15.2 Å². The van der Waals surface area contributed by atoms with Crippen molar-refractivity contribution in [2.24, 2.45) is 7.05 Å². The number of amides is 2. The second-order valence-electron chi connectivity index (χ2n) is 6.72. The molecule has 3 aromatic rings. The zero-order chi connectivity index (χ0) is 21.7. The Morgan fingerprint density at radius 2 is 1.77 bits per heavy atom. The van der Waals surface area contributed by atoms with Crippen LogP contribution in [-0.2, 0) is 18.4 Å². The van der Waals surface area contributed by atoms with Crippen LogP contribution in [-0.4, -0.2) is 32.3 Å². The Bertz CT molecular complexity index is 1060. The van der Waals surface area contributed by atoms with Crippen molar-refractivity contribution in [2.45, 2.75) is 25.5 Å². The maximum absolute atomic E-state index is 12.4. The summed E-state index contributed by atoms with van der Waals surface area (Å²) in [6.45, 7) is 4.12. The molecule has 0 fully saturated rings. The second kappa shape index (κ2) is 9.77. The van der Waals surface area contributed by atoms with Crippen LogP contribution < -0.4 is 10.6 Å². The molecule has 156 valence electrons. The van der Waals surface area contributed by atoms with E-state index in [1.54, 1.807) is 35.9 Å². The maximum atomic E-state index is 12.4. The van der Waals surface area contributed by atoms with Gasteiger partial charge in [0.1, 0.15) is 0 Å². The van der Waals surface area contributed by atoms with E-state index in [1.807, 2.05) is 32.0 Å². The number of anilines is 1. The number of carbonyl (C=O) groups excluding carboxylic acids is 2. The maximum Gasteiger partial charge on any atom is 0.253 e. The average molecular weight is 444 g/mol. The molecule has 9 heteroatoms. The first-order chi connectivity index (χ1) is 14.4. The Morgan fingerprint density at radius 3 is 2.47 bits per heavy atom. The molecule has 2 amide bonds. The largest absolute Gasteiger partial charge is 0.345 e. The molecular weight excluding hydrogens is 422 g/mol. The van der Waals surface area contributed by atoms with Gasteiger partial charge in [0.05, 0.1) is 22.9 Å². The van der Waals surface area contributed by atoms with Crippen molar-refractivity contribution >= 4 is 40.9 Å². The number of carbonyl (C=O) groups is 2. The molecule has 0 unspecified atom stereocenters. The lowest BCUT2D eigenvalue weighted by Gasteiger charge is -2.11. The number of aromatic nitrogens is 3. The zero-order valence-corrected chi connectivity index (χ0v) is 18.5. The first-order valence-electron chi connectivity index (χ1n) is 9.26. The molecule has 7 nitrogen and oxygen atoms in total. The summed E-state index contributed by atoms with van der Waals surface area (Å²) in [7, 11) is 1.79. The molecule has 0 radical (unpaired) electrons. The van der Waals surface area contributed by atoms with Crippen molar-refractivity contribution < 1.29 is 9.59 Å². The molecular formula is C21H22ClN5O2S. The van der Waals surface area contributed by atoms with Crippen LogP contribution in [0.4, 0.5) is 5.69 Å². The average Bonchev–Trinajstić information content (AvgIpc) is 3.07. The van der Waals surface area contributed by atoms with E-state index in [0.29, 0.717) is 21.6 Å². The summed E-state index contributed by atoms with van der Waals surface area (Å²) in [5, 5.41) is 14.9. The number of aryl methyl sites for hydroxylation is 2. The highest BCUT2D eigenvalue weighted by Gasteiger charge is 2.15. The number of hydrogen-bond donors (Lipinski definition) is 2. The van der Waals surface area contributed by atoms with Crippen LogP contribution >= 0.6 is 23.4 Å². The fourth-order valence-corrected chi connectivity index (χ4v) is 3.79. The van der Waals surface area contributed by atoms with Crippen LogP contribution in [0.25, 0.3) is 0 Å². The van der Waals surface area contributed by atoms with E-state index in [4.69, 9.17) is 11.6 Å². The highest BCUT2D eigenvalue weighted by Crippen LogP contribution is 2.21. The number of halogens is 1. The molecule has 0 spiro atoms. The number of rotatable bonds is 7. The number of para-hydroxylation sites is 1. The monoisotopic (exact) mass is 443 g/mol. The van der Waals surface area contributed by atoms with E-state index in [2.05, 4.69) is 20.8 Å². The fraction of sp³-hybridized carbons (Fsp3) is 0.238. The van der Waals surface area contributed by atoms with Crippen LogP contribution in [0.3, 0.4) is 0 Å². The van der Waals surface area contributed by atoms with Gasteiger partial charge in [0, 0.05) is 12.7 Å². The Kier molecular flexibility index (Phi) is 7.12. The molecule has 30 heavy (non-hydrogen) atoms. The third kappa shape index (κ3) is 5.20. The normalized spacial score (nSPS) is 10.7. The topological polar surface area (TPSA) is 88.9 Å². The molecule has 0 saturated heterocycles. The summed E-state index contributed by atoms with van der Waals surface area (Å²) in [5.41, 5.74) is 3.27. The summed E-state index contributed by atoms with van der Waals surface area (Å²) < 4.78 is 1.75. The lowest BCUT2D eigenvalue weighted by molar-refractivity contribution is -0.113. The quantitative estimate of drug-likeness (QED) is 0.543. The van der Waals surface area contributed by atoms with Crippen molar-refractivity contribution in [3.63, 3.8) is 0 Å². The van der Waals surface area contributed by atoms with Gasteiger partial charge >= 0.3 is 0 Å². The zero-order valence-electron chi connectivity index (χ0n) is 16.9. The van der Waals surface area contributed by atoms with Gasteiger partial charge in [-0.15, -0.1) is 10.2 Å². The first-order valence-corrected chi connectivity index (χ1v) is 10.6. The van der Waals surface area contributed by atoms with Crippen LogP contribution in [0.1, 0.15) is 27.3 Å². The van der Waals surface area contributed by atoms with E-state index < -0.39 is 0 Å². The minimum absolute atomic E-state index is 0.117. The number of benzene rings is 2. The van der Waals surface area contributed by atoms with E-state index in [1.165, 1.54) is 11.8 Å². The summed E-state index contributed by atoms with van der Waals surface area (Å²) >= 11 is 7.33. The molecule has 0 aliphatic heterocycles. The molecule has 3 rings (SSSR count). The van der Waals surface area contributed by atoms with E-state index in [9.17, 15) is 9.59 Å². The molecule has 1 aromatic heterocycles. The summed E-state index contributed by atoms with van der Waals surface area (Å²) in [6, 6.07) is 12.7. The van der Waals surface area contributed by atoms with Gasteiger partial charge in [-0.2, -0.15) is 0 Å². The first kappa shape index (κ1) is 21.9. The fourth-order valence-electron chi connectivity index (χ4n) is 2.84. The minimum Gasteiger partial charge on any atom is -0.345 e. The molecule has 0 atom stereocenters. The van der Waals surface area contributed by atoms with Crippen molar-refractivity contribution in [3.8, 4) is 0 Å². The third-order valence-corrected chi connectivity index (χ3v) is 5.88. The predicted octanol–water partition coefficient (Wildman–Crippen LogP) is 3.75. The molecule has 0 aliphatic rings. The molecule has 2 aromatic carbocycles. The highest BCUT2D eigenvalue weighted by atomic mass is 35.5. The van der Waals surface area contributed by atoms with Gasteiger partial charge in [0.2, 0.25) is 5.91 Å². The van der Waals surface area contributed by atoms with Gasteiger partial charge in [-0.1, -0.05) is 53.7 Å². The summed E-state index contributed by atoms with van der Waals surface area (Å²) in [6.07, 6.45) is 0. The number of nitrogens with zero attached hydrogens (tertiary/aromatic N) is 3. The van der Waals surface area contributed by atoms with Gasteiger partial charge in [-0.3, -0.25) is 9.59 Å². The lowest BCUT2D eigenvalue weighted by atomic mass is 10.1. The second-order valence-corrected chi connectivity index (χ2v) is 8.07. The SMILES string of the molecule is Cc1cccc(C)c1NC(=O)CSc1nnc(CNC(=O)c2ccccc2Cl)n1C. The summed E-state index contributed by atoms with van der Waals surface area (Å²) in [5.74, 6) is 0.374. The third-order valence-electron chi connectivity index (χ3n) is 4.53. The molecule has 2 N–H and O–H groups in total. The van der Waals surface area contributed by atoms with Crippen molar-refractivity contribution in [2.75, 3.05) is 11.1 Å². The van der Waals surface area contributed by atoms with Gasteiger partial charge in [-0.05, 0) is 37.1 Å². The number of nitrogens with one attached hydrogen (secondary N) is 2. The van der Waals surface area contributed by atoms with E-state index in [0.717, 1.165) is 16.8 Å².